The molecular formula is C24H15ClFN3O3S. The monoisotopic (exact) mass is 479 g/mol. The summed E-state index contributed by atoms with van der Waals surface area (Å²) >= 11 is 6.26. The van der Waals surface area contributed by atoms with Crippen LogP contribution in [0.5, 0.6) is 0 Å². The van der Waals surface area contributed by atoms with E-state index >= 15 is 0 Å². The van der Waals surface area contributed by atoms with Gasteiger partial charge in [-0.2, -0.15) is 0 Å². The fourth-order valence-electron chi connectivity index (χ4n) is 3.73. The third-order valence-electron chi connectivity index (χ3n) is 5.40. The summed E-state index contributed by atoms with van der Waals surface area (Å²) in [6.07, 6.45) is 4.70. The number of hydrogen-bond acceptors (Lipinski definition) is 5. The Balaban J connectivity index is 1.82. The van der Waals surface area contributed by atoms with Gasteiger partial charge in [-0.05, 0) is 48.9 Å². The number of carbonyl (C=O) groups excluding carboxylic acids is 1. The van der Waals surface area contributed by atoms with Gasteiger partial charge in [0.2, 0.25) is 0 Å². The number of pyridine rings is 2. The van der Waals surface area contributed by atoms with E-state index in [1.807, 2.05) is 6.92 Å². The molecular weight excluding hydrogens is 465 g/mol. The quantitative estimate of drug-likeness (QED) is 0.322. The molecule has 0 spiro atoms. The van der Waals surface area contributed by atoms with Gasteiger partial charge >= 0.3 is 0 Å². The van der Waals surface area contributed by atoms with Crippen molar-refractivity contribution < 1.29 is 17.6 Å². The first kappa shape index (κ1) is 21.2. The molecule has 0 amide bonds. The smallest absolute Gasteiger partial charge is 0.269 e. The first-order valence-electron chi connectivity index (χ1n) is 9.82. The van der Waals surface area contributed by atoms with Crippen LogP contribution in [-0.4, -0.2) is 28.6 Å². The van der Waals surface area contributed by atoms with Gasteiger partial charge < -0.3 is 0 Å². The molecule has 0 unspecified atom stereocenters. The minimum Gasteiger partial charge on any atom is -0.298 e. The fraction of sp³-hybridized carbons (Fsp3) is 0.0417. The predicted molar refractivity (Wildman–Crippen MR) is 125 cm³/mol. The lowest BCUT2D eigenvalue weighted by Crippen LogP contribution is -2.12. The predicted octanol–water partition coefficient (Wildman–Crippen LogP) is 5.40. The van der Waals surface area contributed by atoms with Crippen molar-refractivity contribution in [2.45, 2.75) is 11.8 Å². The SMILES string of the molecule is Cc1ccc(S(=O)(=O)n2cc(-c3cc(F)c4nccc(Cl)c4c3)c3cc(C=O)cnc32)cc1. The van der Waals surface area contributed by atoms with Gasteiger partial charge in [0.25, 0.3) is 10.0 Å². The molecule has 33 heavy (non-hydrogen) atoms. The maximum Gasteiger partial charge on any atom is 0.269 e. The number of fused-ring (bicyclic) bond motifs is 2. The molecule has 6 nitrogen and oxygen atoms in total. The molecule has 164 valence electrons. The lowest BCUT2D eigenvalue weighted by Gasteiger charge is -2.07. The summed E-state index contributed by atoms with van der Waals surface area (Å²) in [5, 5.41) is 1.08. The van der Waals surface area contributed by atoms with Crippen LogP contribution in [0.3, 0.4) is 0 Å². The number of nitrogens with zero attached hydrogens (tertiary/aromatic N) is 3. The number of aryl methyl sites for hydroxylation is 1. The van der Waals surface area contributed by atoms with E-state index in [9.17, 15) is 17.6 Å². The Labute approximate surface area is 193 Å². The highest BCUT2D eigenvalue weighted by molar-refractivity contribution is 7.90. The van der Waals surface area contributed by atoms with Crippen LogP contribution in [0.2, 0.25) is 5.02 Å². The van der Waals surface area contributed by atoms with Crippen LogP contribution < -0.4 is 0 Å². The number of aldehydes is 1. The van der Waals surface area contributed by atoms with E-state index in [1.54, 1.807) is 24.3 Å². The van der Waals surface area contributed by atoms with E-state index in [1.165, 1.54) is 42.9 Å². The van der Waals surface area contributed by atoms with Crippen molar-refractivity contribution in [1.82, 2.24) is 13.9 Å². The van der Waals surface area contributed by atoms with E-state index in [2.05, 4.69) is 9.97 Å². The van der Waals surface area contributed by atoms with Crippen molar-refractivity contribution in [3.63, 3.8) is 0 Å². The molecule has 0 atom stereocenters. The summed E-state index contributed by atoms with van der Waals surface area (Å²) in [6.45, 7) is 1.86. The summed E-state index contributed by atoms with van der Waals surface area (Å²) in [5.41, 5.74) is 2.16. The van der Waals surface area contributed by atoms with Crippen molar-refractivity contribution >= 4 is 49.8 Å². The Morgan fingerprint density at radius 2 is 1.79 bits per heavy atom. The molecule has 2 aromatic carbocycles. The summed E-state index contributed by atoms with van der Waals surface area (Å²) in [5.74, 6) is -0.605. The molecule has 5 aromatic rings. The van der Waals surface area contributed by atoms with Gasteiger partial charge in [0.1, 0.15) is 11.3 Å². The first-order chi connectivity index (χ1) is 15.8. The van der Waals surface area contributed by atoms with Crippen molar-refractivity contribution in [1.29, 1.82) is 0 Å². The zero-order valence-corrected chi connectivity index (χ0v) is 18.7. The van der Waals surface area contributed by atoms with Crippen LogP contribution in [0.25, 0.3) is 33.1 Å². The van der Waals surface area contributed by atoms with Crippen LogP contribution in [0.15, 0.2) is 72.0 Å². The molecule has 0 aliphatic rings. The number of carbonyl (C=O) groups is 1. The van der Waals surface area contributed by atoms with E-state index in [4.69, 9.17) is 11.6 Å². The van der Waals surface area contributed by atoms with Crippen molar-refractivity contribution in [2.24, 2.45) is 0 Å². The zero-order valence-electron chi connectivity index (χ0n) is 17.2. The second-order valence-corrected chi connectivity index (χ2v) is 9.78. The van der Waals surface area contributed by atoms with E-state index < -0.39 is 15.8 Å². The number of aromatic nitrogens is 3. The average Bonchev–Trinajstić information content (AvgIpc) is 3.19. The van der Waals surface area contributed by atoms with Gasteiger partial charge in [0, 0.05) is 40.5 Å². The maximum atomic E-state index is 14.9. The minimum atomic E-state index is -4.02. The Kier molecular flexibility index (Phi) is 4.99. The third-order valence-corrected chi connectivity index (χ3v) is 7.40. The molecule has 0 N–H and O–H groups in total. The van der Waals surface area contributed by atoms with Crippen LogP contribution in [0.4, 0.5) is 4.39 Å². The van der Waals surface area contributed by atoms with Crippen molar-refractivity contribution in [3.8, 4) is 11.1 Å². The molecule has 0 aliphatic carbocycles. The standard InChI is InChI=1S/C24H15ClFN3O3S/c1-14-2-4-17(5-3-14)33(31,32)29-12-20(18-8-15(13-30)11-28-24(18)29)16-9-19-21(25)6-7-27-23(19)22(26)10-16/h2-13H,1H3. The zero-order chi connectivity index (χ0) is 23.3. The normalized spacial score (nSPS) is 11.8. The highest BCUT2D eigenvalue weighted by atomic mass is 35.5. The summed E-state index contributed by atoms with van der Waals surface area (Å²) < 4.78 is 42.8. The number of halogens is 2. The third kappa shape index (κ3) is 3.48. The summed E-state index contributed by atoms with van der Waals surface area (Å²) in [6, 6.07) is 12.4. The molecule has 0 aliphatic heterocycles. The van der Waals surface area contributed by atoms with E-state index in [-0.39, 0.29) is 21.6 Å². The van der Waals surface area contributed by atoms with Crippen LogP contribution in [0.1, 0.15) is 15.9 Å². The Bertz CT molecular complexity index is 1680. The molecule has 0 fully saturated rings. The largest absolute Gasteiger partial charge is 0.298 e. The van der Waals surface area contributed by atoms with Crippen molar-refractivity contribution in [3.05, 3.63) is 89.1 Å². The van der Waals surface area contributed by atoms with Gasteiger partial charge in [-0.25, -0.2) is 21.8 Å². The number of hydrogen-bond donors (Lipinski definition) is 0. The number of benzene rings is 2. The van der Waals surface area contributed by atoms with Crippen LogP contribution >= 0.6 is 11.6 Å². The van der Waals surface area contributed by atoms with Gasteiger partial charge in [-0.1, -0.05) is 29.3 Å². The molecule has 0 bridgehead atoms. The highest BCUT2D eigenvalue weighted by Crippen LogP contribution is 2.36. The first-order valence-corrected chi connectivity index (χ1v) is 11.6. The van der Waals surface area contributed by atoms with Gasteiger partial charge in [0.05, 0.1) is 9.92 Å². The summed E-state index contributed by atoms with van der Waals surface area (Å²) in [7, 11) is -4.02. The van der Waals surface area contributed by atoms with Gasteiger partial charge in [-0.3, -0.25) is 9.78 Å². The lowest BCUT2D eigenvalue weighted by molar-refractivity contribution is 0.112. The van der Waals surface area contributed by atoms with E-state index in [0.717, 1.165) is 9.54 Å². The van der Waals surface area contributed by atoms with Crippen LogP contribution in [-0.2, 0) is 10.0 Å². The highest BCUT2D eigenvalue weighted by Gasteiger charge is 2.24. The van der Waals surface area contributed by atoms with E-state index in [0.29, 0.717) is 33.2 Å². The molecule has 3 heterocycles. The Morgan fingerprint density at radius 3 is 2.52 bits per heavy atom. The molecule has 3 aromatic heterocycles. The second-order valence-electron chi connectivity index (χ2n) is 7.56. The second kappa shape index (κ2) is 7.75. The fourth-order valence-corrected chi connectivity index (χ4v) is 5.26. The molecule has 5 rings (SSSR count). The molecule has 9 heteroatoms. The maximum absolute atomic E-state index is 14.9. The molecule has 0 radical (unpaired) electrons. The van der Waals surface area contributed by atoms with Crippen molar-refractivity contribution in [2.75, 3.05) is 0 Å². The number of rotatable bonds is 4. The molecule has 0 saturated carbocycles. The summed E-state index contributed by atoms with van der Waals surface area (Å²) in [4.78, 5) is 19.7. The average molecular weight is 480 g/mol. The lowest BCUT2D eigenvalue weighted by atomic mass is 10.0. The van der Waals surface area contributed by atoms with Crippen LogP contribution in [0, 0.1) is 12.7 Å². The molecule has 0 saturated heterocycles. The van der Waals surface area contributed by atoms with Gasteiger partial charge in [-0.15, -0.1) is 0 Å². The topological polar surface area (TPSA) is 81.9 Å². The Morgan fingerprint density at radius 1 is 1.03 bits per heavy atom. The Hall–Kier alpha value is -3.62. The van der Waals surface area contributed by atoms with Gasteiger partial charge in [0.15, 0.2) is 11.9 Å². The minimum absolute atomic E-state index is 0.0785.